The van der Waals surface area contributed by atoms with Gasteiger partial charge >= 0.3 is 5.97 Å². The van der Waals surface area contributed by atoms with Crippen molar-refractivity contribution < 1.29 is 19.5 Å². The third-order valence-electron chi connectivity index (χ3n) is 7.66. The summed E-state index contributed by atoms with van der Waals surface area (Å²) in [5.41, 5.74) is 1.71. The van der Waals surface area contributed by atoms with Gasteiger partial charge in [0.25, 0.3) is 5.91 Å². The topological polar surface area (TPSA) is 95.5 Å². The van der Waals surface area contributed by atoms with Crippen molar-refractivity contribution in [3.8, 4) is 0 Å². The van der Waals surface area contributed by atoms with Crippen LogP contribution in [-0.2, 0) is 22.4 Å². The molecule has 0 radical (unpaired) electrons. The van der Waals surface area contributed by atoms with Crippen LogP contribution in [0, 0.1) is 29.6 Å². The summed E-state index contributed by atoms with van der Waals surface area (Å²) in [6.07, 6.45) is 11.7. The molecule has 0 spiro atoms. The minimum Gasteiger partial charge on any atom is -0.481 e. The first-order valence-corrected chi connectivity index (χ1v) is 12.4. The molecule has 5 aliphatic carbocycles. The largest absolute Gasteiger partial charge is 0.481 e. The number of carbonyl (C=O) groups is 3. The van der Waals surface area contributed by atoms with Gasteiger partial charge < -0.3 is 15.7 Å². The molecule has 31 heavy (non-hydrogen) atoms. The van der Waals surface area contributed by atoms with Crippen LogP contribution in [0.25, 0.3) is 0 Å². The summed E-state index contributed by atoms with van der Waals surface area (Å²) in [6, 6.07) is 0.245. The van der Waals surface area contributed by atoms with Crippen LogP contribution in [0.4, 0.5) is 5.00 Å². The molecule has 6 rings (SSSR count). The highest BCUT2D eigenvalue weighted by molar-refractivity contribution is 7.17. The number of amides is 2. The van der Waals surface area contributed by atoms with E-state index in [1.807, 2.05) is 12.2 Å². The first kappa shape index (κ1) is 20.7. The Kier molecular flexibility index (Phi) is 5.40. The van der Waals surface area contributed by atoms with Gasteiger partial charge in [0.05, 0.1) is 17.4 Å². The maximum Gasteiger partial charge on any atom is 0.307 e. The van der Waals surface area contributed by atoms with E-state index < -0.39 is 17.8 Å². The highest BCUT2D eigenvalue weighted by Gasteiger charge is 2.48. The van der Waals surface area contributed by atoms with Crippen molar-refractivity contribution >= 4 is 34.1 Å². The van der Waals surface area contributed by atoms with Gasteiger partial charge in [0.1, 0.15) is 5.00 Å². The zero-order valence-electron chi connectivity index (χ0n) is 17.9. The quantitative estimate of drug-likeness (QED) is 0.580. The van der Waals surface area contributed by atoms with Gasteiger partial charge in [0.15, 0.2) is 0 Å². The van der Waals surface area contributed by atoms with Gasteiger partial charge in [-0.25, -0.2) is 0 Å². The molecule has 1 aromatic heterocycles. The van der Waals surface area contributed by atoms with Crippen molar-refractivity contribution in [2.24, 2.45) is 29.6 Å². The Morgan fingerprint density at radius 2 is 1.77 bits per heavy atom. The fraction of sp³-hybridized carbons (Fsp3) is 0.625. The standard InChI is InChI=1S/C24H30N2O4S/c1-2-12-3-10-16-17(11-12)31-23(20(16)22(28)25-15-8-9-15)26-21(27)18-13-4-6-14(7-5-13)19(18)24(29)30/h4,6,12-15,18-19H,2-3,5,7-11H2,1H3,(H,25,28)(H,26,27)(H,29,30)/t12-,13-,14-,18-,19-/m0/s1. The average Bonchev–Trinajstić information content (AvgIpc) is 3.51. The van der Waals surface area contributed by atoms with E-state index in [4.69, 9.17) is 0 Å². The van der Waals surface area contributed by atoms with Gasteiger partial charge in [-0.15, -0.1) is 11.3 Å². The first-order valence-electron chi connectivity index (χ1n) is 11.6. The first-order chi connectivity index (χ1) is 15.0. The zero-order valence-corrected chi connectivity index (χ0v) is 18.7. The van der Waals surface area contributed by atoms with Crippen molar-refractivity contribution in [3.05, 3.63) is 28.2 Å². The Hall–Kier alpha value is -2.15. The fourth-order valence-electron chi connectivity index (χ4n) is 5.70. The number of hydrogen-bond acceptors (Lipinski definition) is 4. The van der Waals surface area contributed by atoms with Crippen molar-refractivity contribution in [1.29, 1.82) is 0 Å². The Morgan fingerprint density at radius 1 is 1.06 bits per heavy atom. The number of allylic oxidation sites excluding steroid dienone is 2. The molecule has 7 heteroatoms. The molecule has 2 amide bonds. The Morgan fingerprint density at radius 3 is 2.39 bits per heavy atom. The Labute approximate surface area is 186 Å². The number of aliphatic carboxylic acids is 1. The number of anilines is 1. The van der Waals surface area contributed by atoms with E-state index in [1.165, 1.54) is 16.2 Å². The fourth-order valence-corrected chi connectivity index (χ4v) is 7.06. The highest BCUT2D eigenvalue weighted by atomic mass is 32.1. The number of hydrogen-bond donors (Lipinski definition) is 3. The summed E-state index contributed by atoms with van der Waals surface area (Å²) in [5.74, 6) is -2.03. The van der Waals surface area contributed by atoms with Crippen LogP contribution in [0.15, 0.2) is 12.2 Å². The summed E-state index contributed by atoms with van der Waals surface area (Å²) in [5, 5.41) is 16.5. The van der Waals surface area contributed by atoms with Crippen molar-refractivity contribution in [2.45, 2.75) is 64.3 Å². The summed E-state index contributed by atoms with van der Waals surface area (Å²) in [6.45, 7) is 2.20. The van der Waals surface area contributed by atoms with Gasteiger partial charge in [-0.3, -0.25) is 14.4 Å². The minimum atomic E-state index is -0.901. The van der Waals surface area contributed by atoms with E-state index in [1.54, 1.807) is 0 Å². The number of thiophene rings is 1. The van der Waals surface area contributed by atoms with E-state index in [-0.39, 0.29) is 29.7 Å². The minimum absolute atomic E-state index is 0.0473. The summed E-state index contributed by atoms with van der Waals surface area (Å²) in [7, 11) is 0. The number of carboxylic acids is 1. The van der Waals surface area contributed by atoms with Gasteiger partial charge in [0.2, 0.25) is 5.91 Å². The Balaban J connectivity index is 1.44. The van der Waals surface area contributed by atoms with Crippen LogP contribution in [0.5, 0.6) is 0 Å². The number of carbonyl (C=O) groups excluding carboxylic acids is 2. The average molecular weight is 443 g/mol. The smallest absolute Gasteiger partial charge is 0.307 e. The van der Waals surface area contributed by atoms with E-state index >= 15 is 0 Å². The third-order valence-corrected chi connectivity index (χ3v) is 8.83. The predicted octanol–water partition coefficient (Wildman–Crippen LogP) is 4.01. The molecule has 166 valence electrons. The van der Waals surface area contributed by atoms with Crippen LogP contribution in [0.1, 0.15) is 66.2 Å². The van der Waals surface area contributed by atoms with Gasteiger partial charge in [0, 0.05) is 10.9 Å². The molecule has 0 unspecified atom stereocenters. The lowest BCUT2D eigenvalue weighted by atomic mass is 9.62. The molecule has 1 heterocycles. The number of carboxylic acid groups (broad SMARTS) is 1. The predicted molar refractivity (Wildman–Crippen MR) is 119 cm³/mol. The molecule has 0 aliphatic heterocycles. The monoisotopic (exact) mass is 442 g/mol. The number of rotatable bonds is 6. The number of nitrogens with one attached hydrogen (secondary N) is 2. The second-order valence-electron chi connectivity index (χ2n) is 9.64. The second kappa shape index (κ2) is 8.08. The molecule has 6 nitrogen and oxygen atoms in total. The summed E-state index contributed by atoms with van der Waals surface area (Å²) in [4.78, 5) is 39.6. The van der Waals surface area contributed by atoms with Crippen LogP contribution in [-0.4, -0.2) is 28.9 Å². The molecule has 0 saturated heterocycles. The molecule has 2 fully saturated rings. The van der Waals surface area contributed by atoms with Crippen LogP contribution in [0.3, 0.4) is 0 Å². The third kappa shape index (κ3) is 3.81. The van der Waals surface area contributed by atoms with Gasteiger partial charge in [-0.1, -0.05) is 25.5 Å². The zero-order chi connectivity index (χ0) is 21.7. The summed E-state index contributed by atoms with van der Waals surface area (Å²) >= 11 is 1.52. The van der Waals surface area contributed by atoms with Crippen molar-refractivity contribution in [1.82, 2.24) is 5.32 Å². The molecule has 0 aromatic carbocycles. The molecular formula is C24H30N2O4S. The summed E-state index contributed by atoms with van der Waals surface area (Å²) < 4.78 is 0. The molecule has 5 aliphatic rings. The van der Waals surface area contributed by atoms with Gasteiger partial charge in [-0.05, 0) is 68.3 Å². The molecule has 3 N–H and O–H groups in total. The Bertz CT molecular complexity index is 948. The maximum atomic E-state index is 13.4. The van der Waals surface area contributed by atoms with Crippen LogP contribution in [0.2, 0.25) is 0 Å². The molecular weight excluding hydrogens is 412 g/mol. The van der Waals surface area contributed by atoms with E-state index in [2.05, 4.69) is 17.6 Å². The SMILES string of the molecule is CC[C@H]1CCc2c(sc(NC(=O)[C@@H]3[C@@H](C(=O)O)[C@H]4C=C[C@H]3CC4)c2C(=O)NC2CC2)C1. The van der Waals surface area contributed by atoms with E-state index in [0.29, 0.717) is 16.5 Å². The molecule has 2 saturated carbocycles. The lowest BCUT2D eigenvalue weighted by Gasteiger charge is -2.41. The van der Waals surface area contributed by atoms with Gasteiger partial charge in [-0.2, -0.15) is 0 Å². The van der Waals surface area contributed by atoms with E-state index in [9.17, 15) is 19.5 Å². The number of fused-ring (bicyclic) bond motifs is 3. The molecule has 5 atom stereocenters. The molecule has 1 aromatic rings. The van der Waals surface area contributed by atoms with Crippen LogP contribution < -0.4 is 10.6 Å². The lowest BCUT2D eigenvalue weighted by Crippen LogP contribution is -2.47. The second-order valence-corrected chi connectivity index (χ2v) is 10.7. The lowest BCUT2D eigenvalue weighted by molar-refractivity contribution is -0.151. The highest BCUT2D eigenvalue weighted by Crippen LogP contribution is 2.46. The maximum absolute atomic E-state index is 13.4. The van der Waals surface area contributed by atoms with E-state index in [0.717, 1.165) is 56.9 Å². The van der Waals surface area contributed by atoms with Crippen molar-refractivity contribution in [3.63, 3.8) is 0 Å². The van der Waals surface area contributed by atoms with Crippen LogP contribution >= 0.6 is 11.3 Å². The van der Waals surface area contributed by atoms with Crippen molar-refractivity contribution in [2.75, 3.05) is 5.32 Å². The molecule has 2 bridgehead atoms. The normalized spacial score (nSPS) is 31.2.